The smallest absolute Gasteiger partial charge is 0.425 e. The fourth-order valence-electron chi connectivity index (χ4n) is 7.17. The van der Waals surface area contributed by atoms with Gasteiger partial charge >= 0.3 is 12.4 Å². The van der Waals surface area contributed by atoms with E-state index >= 15 is 0 Å². The molecule has 2 saturated heterocycles. The minimum absolute atomic E-state index is 0.0237. The third-order valence-corrected chi connectivity index (χ3v) is 10.5. The molecule has 5 heterocycles. The van der Waals surface area contributed by atoms with Gasteiger partial charge in [-0.1, -0.05) is 43.7 Å². The summed E-state index contributed by atoms with van der Waals surface area (Å²) in [7, 11) is 0. The molecule has 2 amide bonds. The second-order valence-corrected chi connectivity index (χ2v) is 13.6. The zero-order valence-electron chi connectivity index (χ0n) is 27.6. The SMILES string of the molecule is CCCC1N(C(=O)c2cnccc2C(F)(F)F)CCCC1(Oc1csc(C(F)(F)F)c1)C(=O)N1CCC(c2ccccc2/C=C/c2n[nH][nH]2)CC1. The maximum absolute atomic E-state index is 14.8. The molecular weight excluding hydrogens is 698 g/mol. The maximum Gasteiger partial charge on any atom is 0.425 e. The van der Waals surface area contributed by atoms with E-state index in [1.165, 1.54) is 10.3 Å². The summed E-state index contributed by atoms with van der Waals surface area (Å²) in [6.45, 7) is 2.42. The Balaban J connectivity index is 1.32. The molecule has 3 aromatic heterocycles. The van der Waals surface area contributed by atoms with Gasteiger partial charge in [-0.15, -0.1) is 16.4 Å². The third kappa shape index (κ3) is 7.55. The van der Waals surface area contributed by atoms with Crippen molar-refractivity contribution in [2.24, 2.45) is 0 Å². The van der Waals surface area contributed by atoms with Crippen molar-refractivity contribution in [3.63, 3.8) is 0 Å². The molecule has 2 unspecified atom stereocenters. The van der Waals surface area contributed by atoms with Gasteiger partial charge in [-0.25, -0.2) is 5.21 Å². The highest BCUT2D eigenvalue weighted by molar-refractivity contribution is 7.10. The maximum atomic E-state index is 14.8. The zero-order chi connectivity index (χ0) is 36.4. The number of aromatic nitrogens is 4. The van der Waals surface area contributed by atoms with Gasteiger partial charge < -0.3 is 14.5 Å². The van der Waals surface area contributed by atoms with Gasteiger partial charge in [0.05, 0.1) is 17.2 Å². The summed E-state index contributed by atoms with van der Waals surface area (Å²) in [5.74, 6) is -0.894. The van der Waals surface area contributed by atoms with Crippen LogP contribution in [0.5, 0.6) is 5.75 Å². The molecule has 6 rings (SSSR count). The molecular formula is C35H36F6N6O3S. The molecule has 2 atom stereocenters. The summed E-state index contributed by atoms with van der Waals surface area (Å²) >= 11 is 0.415. The summed E-state index contributed by atoms with van der Waals surface area (Å²) < 4.78 is 89.3. The molecule has 1 aromatic carbocycles. The van der Waals surface area contributed by atoms with Crippen LogP contribution in [0.2, 0.25) is 0 Å². The van der Waals surface area contributed by atoms with Crippen molar-refractivity contribution in [2.45, 2.75) is 75.4 Å². The Bertz CT molecular complexity index is 1850. The van der Waals surface area contributed by atoms with Crippen LogP contribution in [0.25, 0.3) is 12.2 Å². The number of benzene rings is 1. The highest BCUT2D eigenvalue weighted by Crippen LogP contribution is 2.43. The summed E-state index contributed by atoms with van der Waals surface area (Å²) in [5.41, 5.74) is -1.61. The zero-order valence-corrected chi connectivity index (χ0v) is 28.4. The summed E-state index contributed by atoms with van der Waals surface area (Å²) in [4.78, 5) is 34.5. The van der Waals surface area contributed by atoms with Crippen LogP contribution in [0.3, 0.4) is 0 Å². The fraction of sp³-hybridized carbons (Fsp3) is 0.429. The number of rotatable bonds is 9. The number of H-pyrrole nitrogens is 2. The van der Waals surface area contributed by atoms with E-state index < -0.39 is 51.8 Å². The van der Waals surface area contributed by atoms with E-state index in [2.05, 4.69) is 20.4 Å². The Morgan fingerprint density at radius 3 is 2.45 bits per heavy atom. The van der Waals surface area contributed by atoms with E-state index in [9.17, 15) is 35.9 Å². The van der Waals surface area contributed by atoms with E-state index in [4.69, 9.17) is 4.74 Å². The van der Waals surface area contributed by atoms with Crippen LogP contribution in [0.15, 0.2) is 54.2 Å². The lowest BCUT2D eigenvalue weighted by Gasteiger charge is -2.50. The van der Waals surface area contributed by atoms with Gasteiger partial charge in [0.2, 0.25) is 5.60 Å². The largest absolute Gasteiger partial charge is 0.474 e. The molecule has 51 heavy (non-hydrogen) atoms. The average Bonchev–Trinajstić information content (AvgIpc) is 3.57. The number of likely N-dealkylation sites (tertiary alicyclic amines) is 2. The van der Waals surface area contributed by atoms with Crippen LogP contribution in [-0.4, -0.2) is 73.3 Å². The molecule has 2 aliphatic rings. The Hall–Kier alpha value is -4.60. The number of halogens is 6. The molecule has 0 aliphatic carbocycles. The molecule has 0 saturated carbocycles. The van der Waals surface area contributed by atoms with Crippen LogP contribution in [0.4, 0.5) is 26.3 Å². The van der Waals surface area contributed by atoms with Crippen molar-refractivity contribution in [1.82, 2.24) is 30.2 Å². The summed E-state index contributed by atoms with van der Waals surface area (Å²) in [6.07, 6.45) is -1.96. The molecule has 0 radical (unpaired) electrons. The first kappa shape index (κ1) is 36.2. The first-order valence-electron chi connectivity index (χ1n) is 16.6. The van der Waals surface area contributed by atoms with Crippen LogP contribution in [0.1, 0.15) is 89.1 Å². The van der Waals surface area contributed by atoms with Crippen molar-refractivity contribution in [1.29, 1.82) is 0 Å². The molecule has 16 heteroatoms. The lowest BCUT2D eigenvalue weighted by atomic mass is 9.79. The quantitative estimate of drug-likeness (QED) is 0.170. The Labute approximate surface area is 293 Å². The van der Waals surface area contributed by atoms with Gasteiger partial charge in [0.25, 0.3) is 11.8 Å². The molecule has 272 valence electrons. The van der Waals surface area contributed by atoms with Crippen molar-refractivity contribution in [3.8, 4) is 5.75 Å². The first-order chi connectivity index (χ1) is 24.3. The van der Waals surface area contributed by atoms with Crippen LogP contribution < -0.4 is 4.74 Å². The average molecular weight is 735 g/mol. The predicted octanol–water partition coefficient (Wildman–Crippen LogP) is 8.03. The van der Waals surface area contributed by atoms with Crippen LogP contribution >= 0.6 is 11.3 Å². The number of aromatic amines is 2. The monoisotopic (exact) mass is 734 g/mol. The number of hydrogen-bond donors (Lipinski definition) is 2. The highest BCUT2D eigenvalue weighted by atomic mass is 32.1. The van der Waals surface area contributed by atoms with Crippen molar-refractivity contribution < 1.29 is 40.7 Å². The number of thiophene rings is 1. The second-order valence-electron chi connectivity index (χ2n) is 12.7. The van der Waals surface area contributed by atoms with E-state index in [0.717, 1.165) is 35.7 Å². The van der Waals surface area contributed by atoms with Gasteiger partial charge in [0.15, 0.2) is 5.82 Å². The Morgan fingerprint density at radius 2 is 1.80 bits per heavy atom. The molecule has 2 N–H and O–H groups in total. The summed E-state index contributed by atoms with van der Waals surface area (Å²) in [5, 5.41) is 10.6. The lowest BCUT2D eigenvalue weighted by Crippen LogP contribution is -2.68. The van der Waals surface area contributed by atoms with Gasteiger partial charge in [-0.3, -0.25) is 19.7 Å². The Kier molecular flexibility index (Phi) is 10.3. The van der Waals surface area contributed by atoms with Gasteiger partial charge in [0.1, 0.15) is 10.6 Å². The molecule has 9 nitrogen and oxygen atoms in total. The number of hydrogen-bond acceptors (Lipinski definition) is 6. The number of alkyl halides is 6. The van der Waals surface area contributed by atoms with E-state index in [1.54, 1.807) is 11.8 Å². The van der Waals surface area contributed by atoms with E-state index in [0.29, 0.717) is 49.5 Å². The number of nitrogens with one attached hydrogen (secondary N) is 2. The molecule has 0 spiro atoms. The molecule has 0 bridgehead atoms. The third-order valence-electron chi connectivity index (χ3n) is 9.56. The number of nitrogens with zero attached hydrogens (tertiary/aromatic N) is 4. The van der Waals surface area contributed by atoms with Crippen molar-refractivity contribution in [2.75, 3.05) is 19.6 Å². The van der Waals surface area contributed by atoms with E-state index in [-0.39, 0.29) is 37.5 Å². The number of carbonyl (C=O) groups excluding carboxylic acids is 2. The number of amides is 2. The number of piperidine rings is 2. The molecule has 2 fully saturated rings. The minimum Gasteiger partial charge on any atom is -0.474 e. The number of pyridine rings is 1. The predicted molar refractivity (Wildman–Crippen MR) is 178 cm³/mol. The molecule has 4 aromatic rings. The topological polar surface area (TPSA) is 107 Å². The number of carbonyl (C=O) groups is 2. The minimum atomic E-state index is -4.85. The Morgan fingerprint density at radius 1 is 1.06 bits per heavy atom. The van der Waals surface area contributed by atoms with Crippen molar-refractivity contribution in [3.05, 3.63) is 87.1 Å². The van der Waals surface area contributed by atoms with Crippen LogP contribution in [-0.2, 0) is 17.1 Å². The standard InChI is InChI=1S/C35H36F6N6O3S/c1-2-6-28-33(50-24-19-29(51-21-24)35(39,40)41,14-5-16-47(28)31(48)26-20-42-15-11-27(26)34(36,37)38)32(49)46-17-12-23(13-18-46)25-8-4-3-7-22(25)9-10-30-43-45-44-30/h3-4,7-11,15,19-21,23,28,45H,2,5-6,12-14,16-18H2,1H3,(H,43,44)/b10-9+. The first-order valence-corrected chi connectivity index (χ1v) is 17.5. The van der Waals surface area contributed by atoms with Gasteiger partial charge in [-0.05, 0) is 54.9 Å². The normalized spacial score (nSPS) is 20.6. The second kappa shape index (κ2) is 14.6. The van der Waals surface area contributed by atoms with Crippen LogP contribution in [0, 0.1) is 0 Å². The lowest BCUT2D eigenvalue weighted by molar-refractivity contribution is -0.160. The van der Waals surface area contributed by atoms with Gasteiger partial charge in [-0.2, -0.15) is 26.3 Å². The number of ether oxygens (including phenoxy) is 1. The summed E-state index contributed by atoms with van der Waals surface area (Å²) in [6, 6.07) is 8.36. The highest BCUT2D eigenvalue weighted by Gasteiger charge is 2.56. The fourth-order valence-corrected chi connectivity index (χ4v) is 7.84. The van der Waals surface area contributed by atoms with Gasteiger partial charge in [0, 0.05) is 49.9 Å². The van der Waals surface area contributed by atoms with E-state index in [1.807, 2.05) is 36.4 Å². The molecule has 2 aliphatic heterocycles. The van der Waals surface area contributed by atoms with Crippen molar-refractivity contribution >= 4 is 35.3 Å².